The molecule has 0 aromatic carbocycles. The summed E-state index contributed by atoms with van der Waals surface area (Å²) in [6, 6.07) is -0.818. The molecule has 3 N–H and O–H groups in total. The molecule has 3 aliphatic rings. The zero-order valence-electron chi connectivity index (χ0n) is 19.2. The molecule has 0 saturated heterocycles. The van der Waals surface area contributed by atoms with Gasteiger partial charge in [-0.05, 0) is 49.1 Å². The van der Waals surface area contributed by atoms with Crippen molar-refractivity contribution < 1.29 is 22.7 Å². The first kappa shape index (κ1) is 22.6. The van der Waals surface area contributed by atoms with Gasteiger partial charge in [-0.15, -0.1) is 0 Å². The number of aryl methyl sites for hydroxylation is 1. The normalized spacial score (nSPS) is 20.6. The highest BCUT2D eigenvalue weighted by Crippen LogP contribution is 2.41. The number of anilines is 1. The molecule has 2 aromatic rings. The van der Waals surface area contributed by atoms with Crippen LogP contribution in [0.4, 0.5) is 10.5 Å². The van der Waals surface area contributed by atoms with Gasteiger partial charge >= 0.3 is 6.03 Å². The number of amides is 3. The zero-order chi connectivity index (χ0) is 24.0. The Labute approximate surface area is 197 Å². The van der Waals surface area contributed by atoms with Crippen LogP contribution in [0.3, 0.4) is 0 Å². The maximum atomic E-state index is 13.0. The summed E-state index contributed by atoms with van der Waals surface area (Å²) in [5.74, 6) is 0.212. The number of hydrogen-bond donors (Lipinski definition) is 3. The molecule has 182 valence electrons. The Morgan fingerprint density at radius 3 is 2.85 bits per heavy atom. The molecule has 11 nitrogen and oxygen atoms in total. The summed E-state index contributed by atoms with van der Waals surface area (Å²) in [5, 5.41) is 9.65. The minimum Gasteiger partial charge on any atom is -0.476 e. The second-order valence-electron chi connectivity index (χ2n) is 9.24. The molecule has 2 aromatic heterocycles. The van der Waals surface area contributed by atoms with E-state index in [9.17, 15) is 18.0 Å². The smallest absolute Gasteiger partial charge is 0.333 e. The summed E-state index contributed by atoms with van der Waals surface area (Å²) in [4.78, 5) is 28.6. The van der Waals surface area contributed by atoms with Crippen LogP contribution >= 0.6 is 0 Å². The van der Waals surface area contributed by atoms with E-state index in [2.05, 4.69) is 27.4 Å². The first-order chi connectivity index (χ1) is 16.2. The van der Waals surface area contributed by atoms with Crippen molar-refractivity contribution in [3.63, 3.8) is 0 Å². The van der Waals surface area contributed by atoms with Crippen LogP contribution in [-0.2, 0) is 40.6 Å². The van der Waals surface area contributed by atoms with Crippen molar-refractivity contribution in [3.05, 3.63) is 28.7 Å². The minimum absolute atomic E-state index is 0.0404. The van der Waals surface area contributed by atoms with Crippen molar-refractivity contribution in [2.24, 2.45) is 5.92 Å². The summed E-state index contributed by atoms with van der Waals surface area (Å²) in [6.45, 7) is 4.58. The predicted molar refractivity (Wildman–Crippen MR) is 122 cm³/mol. The molecule has 1 aliphatic heterocycles. The minimum atomic E-state index is -4.22. The molecule has 0 radical (unpaired) electrons. The summed E-state index contributed by atoms with van der Waals surface area (Å²) >= 11 is 0. The number of ether oxygens (including phenoxy) is 1. The largest absolute Gasteiger partial charge is 0.476 e. The molecule has 2 unspecified atom stereocenters. The zero-order valence-corrected chi connectivity index (χ0v) is 20.0. The van der Waals surface area contributed by atoms with Gasteiger partial charge in [-0.25, -0.2) is 22.6 Å². The third-order valence-corrected chi connectivity index (χ3v) is 8.01. The Bertz CT molecular complexity index is 1270. The Balaban J connectivity index is 1.33. The van der Waals surface area contributed by atoms with E-state index in [0.29, 0.717) is 24.7 Å². The highest BCUT2D eigenvalue weighted by atomic mass is 32.2. The molecule has 34 heavy (non-hydrogen) atoms. The molecule has 2 atom stereocenters. The van der Waals surface area contributed by atoms with Gasteiger partial charge in [0.15, 0.2) is 4.90 Å². The van der Waals surface area contributed by atoms with Crippen molar-refractivity contribution in [3.8, 4) is 5.88 Å². The van der Waals surface area contributed by atoms with E-state index in [-0.39, 0.29) is 29.2 Å². The van der Waals surface area contributed by atoms with Gasteiger partial charge in [-0.3, -0.25) is 9.78 Å². The van der Waals surface area contributed by atoms with Gasteiger partial charge in [0.2, 0.25) is 11.8 Å². The Morgan fingerprint density at radius 2 is 2.06 bits per heavy atom. The average molecular weight is 489 g/mol. The second-order valence-corrected chi connectivity index (χ2v) is 10.9. The Kier molecular flexibility index (Phi) is 5.70. The van der Waals surface area contributed by atoms with Gasteiger partial charge in [-0.2, -0.15) is 5.10 Å². The number of nitrogens with one attached hydrogen (secondary N) is 3. The van der Waals surface area contributed by atoms with Gasteiger partial charge in [0.25, 0.3) is 10.0 Å². The maximum absolute atomic E-state index is 13.0. The lowest BCUT2D eigenvalue weighted by molar-refractivity contribution is -0.119. The molecule has 3 heterocycles. The van der Waals surface area contributed by atoms with Crippen molar-refractivity contribution in [2.45, 2.75) is 63.3 Å². The molecule has 0 spiro atoms. The molecule has 0 bridgehead atoms. The summed E-state index contributed by atoms with van der Waals surface area (Å²) in [6.07, 6.45) is 5.60. The van der Waals surface area contributed by atoms with Gasteiger partial charge in [0, 0.05) is 30.8 Å². The Hall–Kier alpha value is -3.15. The SMILES string of the molecule is CC(=O)NCC1COc2c(S(=O)(=O)NC(=O)Nc3c4c(nc5c3CCC5C)CCC4)cnn2C1. The van der Waals surface area contributed by atoms with E-state index in [0.717, 1.165) is 54.6 Å². The molecule has 0 saturated carbocycles. The Morgan fingerprint density at radius 1 is 1.24 bits per heavy atom. The highest BCUT2D eigenvalue weighted by molar-refractivity contribution is 7.90. The fourth-order valence-corrected chi connectivity index (χ4v) is 5.98. The summed E-state index contributed by atoms with van der Waals surface area (Å²) < 4.78 is 35.2. The third kappa shape index (κ3) is 4.10. The van der Waals surface area contributed by atoms with Gasteiger partial charge < -0.3 is 15.4 Å². The van der Waals surface area contributed by atoms with Crippen LogP contribution < -0.4 is 20.1 Å². The lowest BCUT2D eigenvalue weighted by atomic mass is 10.0. The monoisotopic (exact) mass is 488 g/mol. The molecule has 2 aliphatic carbocycles. The quantitative estimate of drug-likeness (QED) is 0.578. The predicted octanol–water partition coefficient (Wildman–Crippen LogP) is 1.47. The van der Waals surface area contributed by atoms with Crippen LogP contribution in [0.25, 0.3) is 0 Å². The third-order valence-electron chi connectivity index (χ3n) is 6.69. The second kappa shape index (κ2) is 8.57. The molecular formula is C22H28N6O5S. The molecule has 5 rings (SSSR count). The van der Waals surface area contributed by atoms with E-state index < -0.39 is 16.1 Å². The fourth-order valence-electron chi connectivity index (χ4n) is 4.99. The first-order valence-electron chi connectivity index (χ1n) is 11.5. The summed E-state index contributed by atoms with van der Waals surface area (Å²) in [7, 11) is -4.22. The summed E-state index contributed by atoms with van der Waals surface area (Å²) in [5.41, 5.74) is 4.74. The van der Waals surface area contributed by atoms with Crippen LogP contribution in [0.5, 0.6) is 5.88 Å². The lowest BCUT2D eigenvalue weighted by Crippen LogP contribution is -2.37. The topological polar surface area (TPSA) is 144 Å². The van der Waals surface area contributed by atoms with E-state index in [1.165, 1.54) is 17.8 Å². The molecule has 3 amide bonds. The van der Waals surface area contributed by atoms with Crippen LogP contribution in [0.15, 0.2) is 11.1 Å². The highest BCUT2D eigenvalue weighted by Gasteiger charge is 2.33. The number of rotatable bonds is 5. The number of sulfonamides is 1. The van der Waals surface area contributed by atoms with Crippen molar-refractivity contribution in [1.29, 1.82) is 0 Å². The van der Waals surface area contributed by atoms with Gasteiger partial charge in [0.05, 0.1) is 25.0 Å². The number of hydrogen-bond acceptors (Lipinski definition) is 7. The molecular weight excluding hydrogens is 460 g/mol. The van der Waals surface area contributed by atoms with Gasteiger partial charge in [-0.1, -0.05) is 6.92 Å². The van der Waals surface area contributed by atoms with E-state index in [4.69, 9.17) is 9.72 Å². The number of urea groups is 1. The van der Waals surface area contributed by atoms with Crippen molar-refractivity contribution in [2.75, 3.05) is 18.5 Å². The number of carbonyl (C=O) groups excluding carboxylic acids is 2. The number of pyridine rings is 1. The first-order valence-corrected chi connectivity index (χ1v) is 13.0. The van der Waals surface area contributed by atoms with Crippen molar-refractivity contribution in [1.82, 2.24) is 24.8 Å². The number of fused-ring (bicyclic) bond motifs is 3. The van der Waals surface area contributed by atoms with Crippen LogP contribution in [0, 0.1) is 5.92 Å². The van der Waals surface area contributed by atoms with Crippen LogP contribution in [-0.4, -0.2) is 48.3 Å². The lowest BCUT2D eigenvalue weighted by Gasteiger charge is -2.24. The molecule has 0 fully saturated rings. The molecule has 12 heteroatoms. The van der Waals surface area contributed by atoms with Crippen LogP contribution in [0.1, 0.15) is 55.1 Å². The van der Waals surface area contributed by atoms with E-state index >= 15 is 0 Å². The van der Waals surface area contributed by atoms with E-state index in [1.54, 1.807) is 0 Å². The number of carbonyl (C=O) groups is 2. The van der Waals surface area contributed by atoms with E-state index in [1.807, 2.05) is 0 Å². The van der Waals surface area contributed by atoms with Crippen molar-refractivity contribution >= 4 is 27.6 Å². The average Bonchev–Trinajstić information content (AvgIpc) is 3.50. The van der Waals surface area contributed by atoms with Gasteiger partial charge in [0.1, 0.15) is 0 Å². The van der Waals surface area contributed by atoms with Crippen LogP contribution in [0.2, 0.25) is 0 Å². The number of aromatic nitrogens is 3. The fraction of sp³-hybridized carbons (Fsp3) is 0.545. The number of nitrogens with zero attached hydrogens (tertiary/aromatic N) is 3. The standard InChI is InChI=1S/C22H28N6O5S/c1-12-6-7-16-19(12)25-17-5-3-4-15(17)20(16)26-22(30)27-34(31,32)18-9-24-28-10-14(8-23-13(2)29)11-33-21(18)28/h9,12,14H,3-8,10-11H2,1-2H3,(H,23,29)(H2,25,26,27,30). The maximum Gasteiger partial charge on any atom is 0.333 e.